The van der Waals surface area contributed by atoms with Gasteiger partial charge in [-0.3, -0.25) is 0 Å². The molecular weight excluding hydrogens is 190 g/mol. The van der Waals surface area contributed by atoms with Crippen LogP contribution in [0.1, 0.15) is 26.2 Å². The summed E-state index contributed by atoms with van der Waals surface area (Å²) >= 11 is 0. The number of hydrogen-bond donors (Lipinski definition) is 1. The van der Waals surface area contributed by atoms with Crippen molar-refractivity contribution in [1.29, 1.82) is 0 Å². The number of carbonyl (C=O) groups is 1. The summed E-state index contributed by atoms with van der Waals surface area (Å²) < 4.78 is 0. The van der Waals surface area contributed by atoms with Crippen molar-refractivity contribution in [2.24, 2.45) is 11.7 Å². The van der Waals surface area contributed by atoms with E-state index in [1.54, 1.807) is 4.90 Å². The fraction of sp³-hybridized carbons (Fsp3) is 0.909. The molecule has 1 fully saturated rings. The smallest absolute Gasteiger partial charge is 0.319 e. The molecule has 0 saturated carbocycles. The summed E-state index contributed by atoms with van der Waals surface area (Å²) in [6.45, 7) is 5.30. The predicted octanol–water partition coefficient (Wildman–Crippen LogP) is 1.12. The summed E-state index contributed by atoms with van der Waals surface area (Å²) in [4.78, 5) is 15.7. The zero-order valence-electron chi connectivity index (χ0n) is 9.91. The van der Waals surface area contributed by atoms with E-state index in [9.17, 15) is 4.79 Å². The Morgan fingerprint density at radius 2 is 2.00 bits per heavy atom. The molecule has 4 heteroatoms. The number of rotatable bonds is 3. The highest BCUT2D eigenvalue weighted by Gasteiger charge is 2.20. The van der Waals surface area contributed by atoms with Gasteiger partial charge in [-0.05, 0) is 31.7 Å². The molecule has 4 nitrogen and oxygen atoms in total. The minimum Gasteiger partial charge on any atom is -0.330 e. The summed E-state index contributed by atoms with van der Waals surface area (Å²) in [6.07, 6.45) is 3.55. The van der Waals surface area contributed by atoms with Crippen molar-refractivity contribution >= 4 is 6.03 Å². The molecule has 2 N–H and O–H groups in total. The van der Waals surface area contributed by atoms with Crippen LogP contribution in [0.2, 0.25) is 0 Å². The molecule has 15 heavy (non-hydrogen) atoms. The molecule has 1 unspecified atom stereocenters. The van der Waals surface area contributed by atoms with E-state index < -0.39 is 0 Å². The lowest BCUT2D eigenvalue weighted by atomic mass is 10.1. The number of nitrogens with zero attached hydrogens (tertiary/aromatic N) is 2. The third kappa shape index (κ3) is 3.70. The summed E-state index contributed by atoms with van der Waals surface area (Å²) in [7, 11) is 1.86. The minimum absolute atomic E-state index is 0.162. The van der Waals surface area contributed by atoms with Crippen LogP contribution in [-0.2, 0) is 0 Å². The lowest BCUT2D eigenvalue weighted by molar-refractivity contribution is 0.148. The van der Waals surface area contributed by atoms with Crippen LogP contribution < -0.4 is 5.73 Å². The second-order valence-electron chi connectivity index (χ2n) is 4.55. The number of hydrogen-bond acceptors (Lipinski definition) is 2. The molecule has 0 aromatic heterocycles. The fourth-order valence-corrected chi connectivity index (χ4v) is 1.95. The molecule has 2 amide bonds. The Morgan fingerprint density at radius 1 is 1.40 bits per heavy atom. The molecule has 0 radical (unpaired) electrons. The maximum atomic E-state index is 12.0. The molecule has 0 aliphatic carbocycles. The van der Waals surface area contributed by atoms with E-state index >= 15 is 0 Å². The minimum atomic E-state index is 0.162. The van der Waals surface area contributed by atoms with Gasteiger partial charge in [0, 0.05) is 26.7 Å². The number of piperidine rings is 1. The Balaban J connectivity index is 2.37. The van der Waals surface area contributed by atoms with Gasteiger partial charge in [0.15, 0.2) is 0 Å². The van der Waals surface area contributed by atoms with Gasteiger partial charge < -0.3 is 15.5 Å². The summed E-state index contributed by atoms with van der Waals surface area (Å²) in [6, 6.07) is 0.162. The van der Waals surface area contributed by atoms with Crippen LogP contribution in [0.4, 0.5) is 4.79 Å². The first kappa shape index (κ1) is 12.3. The molecule has 1 heterocycles. The first-order valence-corrected chi connectivity index (χ1v) is 5.85. The molecule has 1 saturated heterocycles. The molecule has 0 bridgehead atoms. The monoisotopic (exact) mass is 213 g/mol. The Bertz CT molecular complexity index is 202. The van der Waals surface area contributed by atoms with E-state index in [1.807, 2.05) is 11.9 Å². The molecular formula is C11H23N3O. The number of likely N-dealkylation sites (tertiary alicyclic amines) is 1. The molecule has 1 aliphatic heterocycles. The van der Waals surface area contributed by atoms with Crippen molar-refractivity contribution < 1.29 is 4.79 Å². The second kappa shape index (κ2) is 5.95. The third-order valence-electron chi connectivity index (χ3n) is 2.94. The van der Waals surface area contributed by atoms with Crippen LogP contribution in [0.3, 0.4) is 0 Å². The Labute approximate surface area is 92.4 Å². The van der Waals surface area contributed by atoms with E-state index in [0.717, 1.165) is 32.5 Å². The highest BCUT2D eigenvalue weighted by atomic mass is 16.2. The van der Waals surface area contributed by atoms with Gasteiger partial charge in [0.25, 0.3) is 0 Å². The van der Waals surface area contributed by atoms with Gasteiger partial charge in [0.1, 0.15) is 0 Å². The SMILES string of the molecule is CC(CN)CN(C)C(=O)N1CCCCC1. The number of nitrogens with two attached hydrogens (primary N) is 1. The van der Waals surface area contributed by atoms with Crippen LogP contribution in [0, 0.1) is 5.92 Å². The Hall–Kier alpha value is -0.770. The highest BCUT2D eigenvalue weighted by molar-refractivity contribution is 5.74. The van der Waals surface area contributed by atoms with Crippen molar-refractivity contribution in [1.82, 2.24) is 9.80 Å². The average molecular weight is 213 g/mol. The average Bonchev–Trinajstić information content (AvgIpc) is 2.29. The zero-order chi connectivity index (χ0) is 11.3. The van der Waals surface area contributed by atoms with Gasteiger partial charge in [-0.1, -0.05) is 6.92 Å². The Morgan fingerprint density at radius 3 is 2.53 bits per heavy atom. The van der Waals surface area contributed by atoms with Crippen LogP contribution in [0.15, 0.2) is 0 Å². The van der Waals surface area contributed by atoms with Crippen molar-refractivity contribution in [3.8, 4) is 0 Å². The van der Waals surface area contributed by atoms with Gasteiger partial charge in [-0.15, -0.1) is 0 Å². The Kier molecular flexibility index (Phi) is 4.88. The van der Waals surface area contributed by atoms with Crippen molar-refractivity contribution in [3.63, 3.8) is 0 Å². The maximum Gasteiger partial charge on any atom is 0.319 e. The number of amides is 2. The molecule has 1 rings (SSSR count). The van der Waals surface area contributed by atoms with E-state index in [2.05, 4.69) is 6.92 Å². The van der Waals surface area contributed by atoms with Gasteiger partial charge in [-0.2, -0.15) is 0 Å². The zero-order valence-corrected chi connectivity index (χ0v) is 9.91. The first-order valence-electron chi connectivity index (χ1n) is 5.85. The topological polar surface area (TPSA) is 49.6 Å². The van der Waals surface area contributed by atoms with Crippen LogP contribution >= 0.6 is 0 Å². The van der Waals surface area contributed by atoms with E-state index in [1.165, 1.54) is 6.42 Å². The second-order valence-corrected chi connectivity index (χ2v) is 4.55. The predicted molar refractivity (Wildman–Crippen MR) is 61.7 cm³/mol. The maximum absolute atomic E-state index is 12.0. The van der Waals surface area contributed by atoms with Crippen LogP contribution in [0.5, 0.6) is 0 Å². The first-order chi connectivity index (χ1) is 7.15. The summed E-state index contributed by atoms with van der Waals surface area (Å²) in [5.41, 5.74) is 5.55. The third-order valence-corrected chi connectivity index (χ3v) is 2.94. The van der Waals surface area contributed by atoms with Gasteiger partial charge >= 0.3 is 6.03 Å². The van der Waals surface area contributed by atoms with E-state index in [4.69, 9.17) is 5.73 Å². The van der Waals surface area contributed by atoms with Crippen molar-refractivity contribution in [3.05, 3.63) is 0 Å². The number of urea groups is 1. The van der Waals surface area contributed by atoms with Gasteiger partial charge in [0.2, 0.25) is 0 Å². The fourth-order valence-electron chi connectivity index (χ4n) is 1.95. The lowest BCUT2D eigenvalue weighted by Gasteiger charge is -2.32. The van der Waals surface area contributed by atoms with E-state index in [0.29, 0.717) is 12.5 Å². The summed E-state index contributed by atoms with van der Waals surface area (Å²) in [5.74, 6) is 0.378. The number of carbonyl (C=O) groups excluding carboxylic acids is 1. The van der Waals surface area contributed by atoms with Gasteiger partial charge in [0.05, 0.1) is 0 Å². The lowest BCUT2D eigenvalue weighted by Crippen LogP contribution is -2.45. The van der Waals surface area contributed by atoms with Crippen molar-refractivity contribution in [2.75, 3.05) is 33.2 Å². The van der Waals surface area contributed by atoms with E-state index in [-0.39, 0.29) is 6.03 Å². The standard InChI is InChI=1S/C11H23N3O/c1-10(8-12)9-13(2)11(15)14-6-4-3-5-7-14/h10H,3-9,12H2,1-2H3. The van der Waals surface area contributed by atoms with Crippen LogP contribution in [0.25, 0.3) is 0 Å². The van der Waals surface area contributed by atoms with Crippen LogP contribution in [-0.4, -0.2) is 49.1 Å². The molecule has 1 atom stereocenters. The highest BCUT2D eigenvalue weighted by Crippen LogP contribution is 2.11. The molecule has 88 valence electrons. The van der Waals surface area contributed by atoms with Crippen molar-refractivity contribution in [2.45, 2.75) is 26.2 Å². The largest absolute Gasteiger partial charge is 0.330 e. The molecule has 0 aromatic rings. The molecule has 0 aromatic carbocycles. The molecule has 1 aliphatic rings. The summed E-state index contributed by atoms with van der Waals surface area (Å²) in [5, 5.41) is 0. The quantitative estimate of drug-likeness (QED) is 0.763. The normalized spacial score (nSPS) is 18.7. The van der Waals surface area contributed by atoms with Gasteiger partial charge in [-0.25, -0.2) is 4.79 Å². The molecule has 0 spiro atoms.